The number of fused-ring (bicyclic) bond motifs is 2. The van der Waals surface area contributed by atoms with Crippen LogP contribution >= 0.6 is 0 Å². The first-order valence-electron chi connectivity index (χ1n) is 6.88. The molecular weight excluding hydrogens is 282 g/mol. The fraction of sp³-hybridized carbons (Fsp3) is 0.125. The molecular formula is C16H13N3O3. The van der Waals surface area contributed by atoms with Crippen LogP contribution in [0, 0.1) is 0 Å². The maximum atomic E-state index is 5.88. The maximum absolute atomic E-state index is 5.88. The summed E-state index contributed by atoms with van der Waals surface area (Å²) in [6.45, 7) is 1.00. The zero-order chi connectivity index (χ0) is 14.9. The predicted octanol–water partition coefficient (Wildman–Crippen LogP) is 2.78. The monoisotopic (exact) mass is 295 g/mol. The van der Waals surface area contributed by atoms with Crippen molar-refractivity contribution in [3.05, 3.63) is 42.6 Å². The third-order valence-corrected chi connectivity index (χ3v) is 3.30. The quantitative estimate of drug-likeness (QED) is 0.732. The molecule has 0 bridgehead atoms. The van der Waals surface area contributed by atoms with Crippen LogP contribution in [0.3, 0.4) is 0 Å². The van der Waals surface area contributed by atoms with Crippen LogP contribution in [-0.2, 0) is 0 Å². The Morgan fingerprint density at radius 1 is 1.05 bits per heavy atom. The van der Waals surface area contributed by atoms with Crippen molar-refractivity contribution in [1.82, 2.24) is 9.97 Å². The second kappa shape index (κ2) is 5.07. The van der Waals surface area contributed by atoms with E-state index in [0.29, 0.717) is 53.1 Å². The zero-order valence-electron chi connectivity index (χ0n) is 11.7. The van der Waals surface area contributed by atoms with Gasteiger partial charge in [-0.25, -0.2) is 4.98 Å². The number of hydrogen-bond donors (Lipinski definition) is 1. The SMILES string of the molecule is Nc1ccc(Oc2ccnc3cc4c(nc23)OCCO4)cc1. The highest BCUT2D eigenvalue weighted by Crippen LogP contribution is 2.35. The number of nitrogens with zero attached hydrogens (tertiary/aromatic N) is 2. The molecule has 6 nitrogen and oxygen atoms in total. The fourth-order valence-electron chi connectivity index (χ4n) is 2.25. The van der Waals surface area contributed by atoms with Crippen LogP contribution in [0.4, 0.5) is 5.69 Å². The van der Waals surface area contributed by atoms with Crippen molar-refractivity contribution in [2.24, 2.45) is 0 Å². The minimum absolute atomic E-state index is 0.467. The summed E-state index contributed by atoms with van der Waals surface area (Å²) in [6.07, 6.45) is 1.67. The first-order valence-corrected chi connectivity index (χ1v) is 6.88. The van der Waals surface area contributed by atoms with Gasteiger partial charge in [0.05, 0.1) is 5.52 Å². The highest BCUT2D eigenvalue weighted by molar-refractivity contribution is 5.83. The smallest absolute Gasteiger partial charge is 0.257 e. The molecule has 1 aromatic carbocycles. The Morgan fingerprint density at radius 3 is 2.73 bits per heavy atom. The van der Waals surface area contributed by atoms with E-state index in [1.807, 2.05) is 6.07 Å². The second-order valence-electron chi connectivity index (χ2n) is 4.84. The van der Waals surface area contributed by atoms with Gasteiger partial charge < -0.3 is 19.9 Å². The molecule has 0 spiro atoms. The highest BCUT2D eigenvalue weighted by Gasteiger charge is 2.17. The number of rotatable bonds is 2. The van der Waals surface area contributed by atoms with Gasteiger partial charge in [0.2, 0.25) is 0 Å². The summed E-state index contributed by atoms with van der Waals surface area (Å²) in [6, 6.07) is 10.8. The Hall–Kier alpha value is -3.02. The molecule has 4 rings (SSSR count). The molecule has 1 aliphatic heterocycles. The fourth-order valence-corrected chi connectivity index (χ4v) is 2.25. The van der Waals surface area contributed by atoms with E-state index in [2.05, 4.69) is 9.97 Å². The van der Waals surface area contributed by atoms with Crippen LogP contribution in [0.2, 0.25) is 0 Å². The van der Waals surface area contributed by atoms with E-state index in [4.69, 9.17) is 19.9 Å². The van der Waals surface area contributed by atoms with Gasteiger partial charge in [0.25, 0.3) is 5.88 Å². The summed E-state index contributed by atoms with van der Waals surface area (Å²) in [7, 11) is 0. The van der Waals surface area contributed by atoms with Crippen molar-refractivity contribution in [2.45, 2.75) is 0 Å². The molecule has 6 heteroatoms. The van der Waals surface area contributed by atoms with Gasteiger partial charge in [-0.15, -0.1) is 0 Å². The van der Waals surface area contributed by atoms with Gasteiger partial charge in [-0.1, -0.05) is 0 Å². The molecule has 3 heterocycles. The lowest BCUT2D eigenvalue weighted by Crippen LogP contribution is -2.16. The summed E-state index contributed by atoms with van der Waals surface area (Å²) in [5.41, 5.74) is 7.68. The van der Waals surface area contributed by atoms with Crippen molar-refractivity contribution in [3.63, 3.8) is 0 Å². The molecule has 0 unspecified atom stereocenters. The van der Waals surface area contributed by atoms with Crippen molar-refractivity contribution in [3.8, 4) is 23.1 Å². The van der Waals surface area contributed by atoms with Crippen molar-refractivity contribution in [1.29, 1.82) is 0 Å². The van der Waals surface area contributed by atoms with Gasteiger partial charge in [-0.3, -0.25) is 4.98 Å². The van der Waals surface area contributed by atoms with Gasteiger partial charge in [0.1, 0.15) is 24.5 Å². The standard InChI is InChI=1S/C16H13N3O3/c17-10-1-3-11(4-2-10)22-13-5-6-18-12-9-14-16(19-15(12)13)21-8-7-20-14/h1-6,9H,7-8,17H2. The molecule has 110 valence electrons. The normalized spacial score (nSPS) is 13.1. The Labute approximate surface area is 126 Å². The Bertz CT molecular complexity index is 834. The van der Waals surface area contributed by atoms with Crippen molar-refractivity contribution in [2.75, 3.05) is 18.9 Å². The molecule has 0 aliphatic carbocycles. The number of hydrogen-bond acceptors (Lipinski definition) is 6. The summed E-state index contributed by atoms with van der Waals surface area (Å²) in [4.78, 5) is 8.78. The van der Waals surface area contributed by atoms with Gasteiger partial charge in [-0.05, 0) is 24.3 Å². The summed E-state index contributed by atoms with van der Waals surface area (Å²) in [5, 5.41) is 0. The number of aromatic nitrogens is 2. The van der Waals surface area contributed by atoms with E-state index < -0.39 is 0 Å². The first kappa shape index (κ1) is 12.7. The third kappa shape index (κ3) is 2.24. The maximum Gasteiger partial charge on any atom is 0.257 e. The van der Waals surface area contributed by atoms with Crippen LogP contribution in [0.5, 0.6) is 23.1 Å². The molecule has 0 atom stereocenters. The number of nitrogen functional groups attached to an aromatic ring is 1. The van der Waals surface area contributed by atoms with Crippen LogP contribution in [-0.4, -0.2) is 23.2 Å². The minimum atomic E-state index is 0.467. The number of nitrogens with two attached hydrogens (primary N) is 1. The van der Waals surface area contributed by atoms with Crippen LogP contribution < -0.4 is 19.9 Å². The van der Waals surface area contributed by atoms with Crippen LogP contribution in [0.25, 0.3) is 11.0 Å². The summed E-state index contributed by atoms with van der Waals surface area (Å²) in [5.74, 6) is 2.36. The molecule has 0 radical (unpaired) electrons. The average molecular weight is 295 g/mol. The third-order valence-electron chi connectivity index (χ3n) is 3.30. The van der Waals surface area contributed by atoms with E-state index in [0.717, 1.165) is 0 Å². The van der Waals surface area contributed by atoms with Crippen molar-refractivity contribution < 1.29 is 14.2 Å². The average Bonchev–Trinajstić information content (AvgIpc) is 2.55. The van der Waals surface area contributed by atoms with Crippen LogP contribution in [0.15, 0.2) is 42.6 Å². The summed E-state index contributed by atoms with van der Waals surface area (Å²) < 4.78 is 16.9. The molecule has 0 amide bonds. The van der Waals surface area contributed by atoms with Crippen LogP contribution in [0.1, 0.15) is 0 Å². The van der Waals surface area contributed by atoms with E-state index >= 15 is 0 Å². The van der Waals surface area contributed by atoms with Crippen molar-refractivity contribution >= 4 is 16.7 Å². The number of pyridine rings is 2. The molecule has 0 saturated heterocycles. The lowest BCUT2D eigenvalue weighted by molar-refractivity contribution is 0.165. The number of anilines is 1. The number of ether oxygens (including phenoxy) is 3. The topological polar surface area (TPSA) is 79.5 Å². The molecule has 0 saturated carbocycles. The van der Waals surface area contributed by atoms with Gasteiger partial charge in [0.15, 0.2) is 11.5 Å². The van der Waals surface area contributed by atoms with E-state index in [-0.39, 0.29) is 0 Å². The molecule has 2 aromatic heterocycles. The largest absolute Gasteiger partial charge is 0.484 e. The predicted molar refractivity (Wildman–Crippen MR) is 81.5 cm³/mol. The van der Waals surface area contributed by atoms with Gasteiger partial charge in [-0.2, -0.15) is 0 Å². The lowest BCUT2D eigenvalue weighted by atomic mass is 10.2. The molecule has 1 aliphatic rings. The zero-order valence-corrected chi connectivity index (χ0v) is 11.7. The minimum Gasteiger partial charge on any atom is -0.484 e. The Kier molecular flexibility index (Phi) is 2.93. The van der Waals surface area contributed by atoms with Gasteiger partial charge in [0, 0.05) is 24.0 Å². The molecule has 0 fully saturated rings. The van der Waals surface area contributed by atoms with Gasteiger partial charge >= 0.3 is 0 Å². The molecule has 3 aromatic rings. The van der Waals surface area contributed by atoms with E-state index in [9.17, 15) is 0 Å². The Morgan fingerprint density at radius 2 is 1.86 bits per heavy atom. The second-order valence-corrected chi connectivity index (χ2v) is 4.84. The van der Waals surface area contributed by atoms with E-state index in [1.54, 1.807) is 36.5 Å². The highest BCUT2D eigenvalue weighted by atomic mass is 16.6. The lowest BCUT2D eigenvalue weighted by Gasteiger charge is -2.18. The van der Waals surface area contributed by atoms with E-state index in [1.165, 1.54) is 0 Å². The first-order chi connectivity index (χ1) is 10.8. The Balaban J connectivity index is 1.78. The molecule has 22 heavy (non-hydrogen) atoms. The molecule has 2 N–H and O–H groups in total. The summed E-state index contributed by atoms with van der Waals surface area (Å²) >= 11 is 0. The number of benzene rings is 1.